The summed E-state index contributed by atoms with van der Waals surface area (Å²) in [5.41, 5.74) is 3.45. The van der Waals surface area contributed by atoms with Gasteiger partial charge < -0.3 is 0 Å². The van der Waals surface area contributed by atoms with E-state index in [1.807, 2.05) is 0 Å². The van der Waals surface area contributed by atoms with Gasteiger partial charge in [-0.05, 0) is 41.4 Å². The number of nitrogens with zero attached hydrogens (tertiary/aromatic N) is 1. The molecule has 1 nitrogen and oxygen atoms in total. The molecular weight excluding hydrogens is 306 g/mol. The Balaban J connectivity index is 2.82. The van der Waals surface area contributed by atoms with Gasteiger partial charge in [0.25, 0.3) is 0 Å². The summed E-state index contributed by atoms with van der Waals surface area (Å²) in [7, 11) is 42.9. The van der Waals surface area contributed by atoms with Gasteiger partial charge in [-0.3, -0.25) is 4.98 Å². The summed E-state index contributed by atoms with van der Waals surface area (Å²) in [4.78, 5) is 4.53. The quantitative estimate of drug-likeness (QED) is 0.528. The van der Waals surface area contributed by atoms with Crippen molar-refractivity contribution in [2.45, 2.75) is 45.4 Å². The molecule has 0 amide bonds. The fraction of sp³-hybridized carbons (Fsp3) is 0.389. The third kappa shape index (κ3) is 3.25. The lowest BCUT2D eigenvalue weighted by atomic mass is 9.61. The normalized spacial score (nSPS) is 11.7. The van der Waals surface area contributed by atoms with Crippen LogP contribution < -0.4 is 38.4 Å². The maximum absolute atomic E-state index is 6.42. The molecular formula is C18H16B7N. The number of hydrogen-bond acceptors (Lipinski definition) is 1. The van der Waals surface area contributed by atoms with Crippen LogP contribution in [0.15, 0.2) is 6.07 Å². The van der Waals surface area contributed by atoms with Crippen LogP contribution in [-0.4, -0.2) is 59.9 Å². The largest absolute Gasteiger partial charge is 0.265 e. The highest BCUT2D eigenvalue weighted by Crippen LogP contribution is 2.32. The lowest BCUT2D eigenvalue weighted by Gasteiger charge is -2.36. The third-order valence-corrected chi connectivity index (χ3v) is 5.60. The molecule has 0 saturated carbocycles. The first-order chi connectivity index (χ1) is 12.1. The Morgan fingerprint density at radius 3 is 1.77 bits per heavy atom. The van der Waals surface area contributed by atoms with Crippen molar-refractivity contribution in [1.29, 1.82) is 0 Å². The summed E-state index contributed by atoms with van der Waals surface area (Å²) < 4.78 is 0. The van der Waals surface area contributed by atoms with E-state index in [0.717, 1.165) is 24.8 Å². The lowest BCUT2D eigenvalue weighted by molar-refractivity contribution is 0.385. The summed E-state index contributed by atoms with van der Waals surface area (Å²) >= 11 is 0. The molecule has 0 spiro atoms. The molecule has 0 atom stereocenters. The highest BCUT2D eigenvalue weighted by atomic mass is 14.7. The van der Waals surface area contributed by atoms with Crippen LogP contribution in [0.25, 0.3) is 11.3 Å². The highest BCUT2D eigenvalue weighted by molar-refractivity contribution is 6.64. The maximum Gasteiger partial charge on any atom is 0.142 e. The molecule has 14 radical (unpaired) electrons. The molecule has 1 aromatic carbocycles. The Hall–Kier alpha value is -1.18. The topological polar surface area (TPSA) is 12.9 Å². The summed E-state index contributed by atoms with van der Waals surface area (Å²) in [6.45, 7) is 6.32. The standard InChI is InChI=1S/C18H16B7N/c1-4-18(5-2,6-3)10-13(22)15(24)16(26-17(10)25)8-7-9(19)12(21)14(23)11(8)20/h7H,4-6H2,1-3H3. The van der Waals surface area contributed by atoms with Gasteiger partial charge in [-0.2, -0.15) is 0 Å². The van der Waals surface area contributed by atoms with Crippen LogP contribution in [0.3, 0.4) is 0 Å². The molecule has 0 aliphatic rings. The van der Waals surface area contributed by atoms with Crippen molar-refractivity contribution in [3.05, 3.63) is 11.6 Å². The average molecular weight is 322 g/mol. The fourth-order valence-electron chi connectivity index (χ4n) is 3.63. The van der Waals surface area contributed by atoms with Crippen LogP contribution in [0.2, 0.25) is 0 Å². The molecule has 114 valence electrons. The van der Waals surface area contributed by atoms with Crippen LogP contribution in [0.5, 0.6) is 0 Å². The van der Waals surface area contributed by atoms with Gasteiger partial charge in [0.15, 0.2) is 0 Å². The van der Waals surface area contributed by atoms with Crippen molar-refractivity contribution in [2.75, 3.05) is 0 Å². The Morgan fingerprint density at radius 2 is 1.27 bits per heavy atom. The van der Waals surface area contributed by atoms with E-state index in [1.54, 1.807) is 6.07 Å². The van der Waals surface area contributed by atoms with E-state index in [0.29, 0.717) is 33.2 Å². The van der Waals surface area contributed by atoms with Crippen molar-refractivity contribution in [1.82, 2.24) is 4.98 Å². The Bertz CT molecular complexity index is 836. The number of rotatable bonds is 5. The smallest absolute Gasteiger partial charge is 0.142 e. The van der Waals surface area contributed by atoms with Gasteiger partial charge in [0.05, 0.1) is 5.69 Å². The van der Waals surface area contributed by atoms with E-state index >= 15 is 0 Å². The van der Waals surface area contributed by atoms with Crippen LogP contribution in [0.1, 0.15) is 45.6 Å². The number of pyridine rings is 1. The monoisotopic (exact) mass is 323 g/mol. The van der Waals surface area contributed by atoms with Gasteiger partial charge >= 0.3 is 0 Å². The molecule has 0 bridgehead atoms. The summed E-state index contributed by atoms with van der Waals surface area (Å²) in [6.07, 6.45) is 2.62. The highest BCUT2D eigenvalue weighted by Gasteiger charge is 2.30. The van der Waals surface area contributed by atoms with Gasteiger partial charge in [-0.15, -0.1) is 16.4 Å². The van der Waals surface area contributed by atoms with Gasteiger partial charge in [-0.25, -0.2) is 0 Å². The van der Waals surface area contributed by atoms with Crippen LogP contribution in [0.4, 0.5) is 0 Å². The summed E-state index contributed by atoms with van der Waals surface area (Å²) in [5, 5.41) is 0. The van der Waals surface area contributed by atoms with Gasteiger partial charge in [0.2, 0.25) is 0 Å². The zero-order valence-electron chi connectivity index (χ0n) is 15.7. The molecule has 0 N–H and O–H groups in total. The second-order valence-corrected chi connectivity index (χ2v) is 6.64. The molecule has 8 heteroatoms. The van der Waals surface area contributed by atoms with Crippen molar-refractivity contribution in [3.8, 4) is 11.3 Å². The maximum atomic E-state index is 6.42. The third-order valence-electron chi connectivity index (χ3n) is 5.60. The van der Waals surface area contributed by atoms with E-state index in [4.69, 9.17) is 54.9 Å². The molecule has 0 fully saturated rings. The number of aromatic nitrogens is 1. The molecule has 0 aliphatic carbocycles. The van der Waals surface area contributed by atoms with Crippen LogP contribution in [0, 0.1) is 0 Å². The summed E-state index contributed by atoms with van der Waals surface area (Å²) in [5.74, 6) is 0. The summed E-state index contributed by atoms with van der Waals surface area (Å²) in [6, 6.07) is 1.59. The molecule has 0 saturated heterocycles. The van der Waals surface area contributed by atoms with Gasteiger partial charge in [0, 0.05) is 0 Å². The van der Waals surface area contributed by atoms with Gasteiger partial charge in [0.1, 0.15) is 54.9 Å². The first-order valence-electron chi connectivity index (χ1n) is 8.73. The predicted octanol–water partition coefficient (Wildman–Crippen LogP) is -3.23. The van der Waals surface area contributed by atoms with Gasteiger partial charge in [-0.1, -0.05) is 43.2 Å². The van der Waals surface area contributed by atoms with Crippen molar-refractivity contribution < 1.29 is 0 Å². The molecule has 1 aromatic heterocycles. The number of hydrogen-bond donors (Lipinski definition) is 0. The minimum atomic E-state index is -0.182. The molecule has 26 heavy (non-hydrogen) atoms. The second kappa shape index (κ2) is 7.83. The van der Waals surface area contributed by atoms with E-state index < -0.39 is 0 Å². The van der Waals surface area contributed by atoms with E-state index in [9.17, 15) is 0 Å². The first-order valence-corrected chi connectivity index (χ1v) is 8.73. The van der Waals surface area contributed by atoms with Crippen LogP contribution in [-0.2, 0) is 5.41 Å². The van der Waals surface area contributed by atoms with E-state index in [-0.39, 0.29) is 21.8 Å². The lowest BCUT2D eigenvalue weighted by Crippen LogP contribution is -2.50. The minimum Gasteiger partial charge on any atom is -0.265 e. The minimum absolute atomic E-state index is 0.182. The first kappa shape index (κ1) is 21.1. The van der Waals surface area contributed by atoms with Crippen molar-refractivity contribution >= 4 is 93.3 Å². The molecule has 2 rings (SSSR count). The van der Waals surface area contributed by atoms with Crippen molar-refractivity contribution in [3.63, 3.8) is 0 Å². The average Bonchev–Trinajstić information content (AvgIpc) is 2.63. The predicted molar refractivity (Wildman–Crippen MR) is 120 cm³/mol. The van der Waals surface area contributed by atoms with E-state index in [1.165, 1.54) is 0 Å². The SMILES string of the molecule is [B]c1cc(-c2nc([B])c(C(CC)(CC)CC)c([B])c2[B])c([B])c([B])c1[B]. The number of benzene rings is 1. The Kier molecular flexibility index (Phi) is 6.36. The second-order valence-electron chi connectivity index (χ2n) is 6.64. The zero-order chi connectivity index (χ0) is 19.8. The molecule has 0 unspecified atom stereocenters. The Morgan fingerprint density at radius 1 is 0.731 bits per heavy atom. The molecule has 0 aliphatic heterocycles. The van der Waals surface area contributed by atoms with E-state index in [2.05, 4.69) is 25.8 Å². The molecule has 2 aromatic rings. The fourth-order valence-corrected chi connectivity index (χ4v) is 3.63. The molecule has 1 heterocycles. The van der Waals surface area contributed by atoms with Crippen molar-refractivity contribution in [2.24, 2.45) is 0 Å². The zero-order valence-corrected chi connectivity index (χ0v) is 15.7. The van der Waals surface area contributed by atoms with Crippen LogP contribution >= 0.6 is 0 Å². The Labute approximate surface area is 166 Å².